The summed E-state index contributed by atoms with van der Waals surface area (Å²) in [5.41, 5.74) is 0. The van der Waals surface area contributed by atoms with E-state index < -0.39 is 0 Å². The Morgan fingerprint density at radius 2 is 2.12 bits per heavy atom. The molecule has 1 heterocycles. The number of carbonyl (C=O) groups excluding carboxylic acids is 1. The fourth-order valence-corrected chi connectivity index (χ4v) is 2.35. The van der Waals surface area contributed by atoms with Gasteiger partial charge in [0.1, 0.15) is 0 Å². The highest BCUT2D eigenvalue weighted by Gasteiger charge is 2.23. The van der Waals surface area contributed by atoms with Crippen LogP contribution in [0.15, 0.2) is 0 Å². The van der Waals surface area contributed by atoms with Crippen molar-refractivity contribution in [1.82, 2.24) is 15.1 Å². The van der Waals surface area contributed by atoms with Gasteiger partial charge >= 0.3 is 0 Å². The molecule has 1 amide bonds. The molecular formula is C13H27N3O. The molecule has 1 N–H and O–H groups in total. The van der Waals surface area contributed by atoms with Gasteiger partial charge in [-0.25, -0.2) is 0 Å². The summed E-state index contributed by atoms with van der Waals surface area (Å²) < 4.78 is 0. The highest BCUT2D eigenvalue weighted by molar-refractivity contribution is 5.76. The lowest BCUT2D eigenvalue weighted by molar-refractivity contribution is -0.132. The molecular weight excluding hydrogens is 214 g/mol. The third-order valence-electron chi connectivity index (χ3n) is 3.26. The van der Waals surface area contributed by atoms with Gasteiger partial charge in [-0.05, 0) is 26.9 Å². The molecule has 0 bridgehead atoms. The van der Waals surface area contributed by atoms with Crippen LogP contribution in [0.2, 0.25) is 0 Å². The summed E-state index contributed by atoms with van der Waals surface area (Å²) in [6, 6.07) is 0.796. The Labute approximate surface area is 105 Å². The summed E-state index contributed by atoms with van der Waals surface area (Å²) in [5, 5.41) is 3.30. The third-order valence-corrected chi connectivity index (χ3v) is 3.26. The van der Waals surface area contributed by atoms with Crippen LogP contribution in [0.4, 0.5) is 0 Å². The van der Waals surface area contributed by atoms with Crippen LogP contribution in [0.5, 0.6) is 0 Å². The van der Waals surface area contributed by atoms with Gasteiger partial charge in [-0.15, -0.1) is 0 Å². The van der Waals surface area contributed by atoms with Crippen LogP contribution in [-0.2, 0) is 4.79 Å². The van der Waals surface area contributed by atoms with Crippen molar-refractivity contribution in [2.75, 3.05) is 33.2 Å². The molecule has 4 nitrogen and oxygen atoms in total. The third kappa shape index (κ3) is 5.04. The summed E-state index contributed by atoms with van der Waals surface area (Å²) in [4.78, 5) is 16.5. The molecule has 1 aliphatic heterocycles. The standard InChI is InChI=1S/C13H27N3O/c1-11(2)14-7-6-13(17)16-9-5-8-15(4)10-12(16)3/h11-12,14H,5-10H2,1-4H3. The van der Waals surface area contributed by atoms with E-state index in [0.717, 1.165) is 32.6 Å². The van der Waals surface area contributed by atoms with Gasteiger partial charge in [0.25, 0.3) is 0 Å². The molecule has 0 aromatic carbocycles. The van der Waals surface area contributed by atoms with E-state index in [1.54, 1.807) is 0 Å². The lowest BCUT2D eigenvalue weighted by Gasteiger charge is -2.28. The van der Waals surface area contributed by atoms with Crippen LogP contribution in [0.25, 0.3) is 0 Å². The second kappa shape index (κ2) is 6.97. The molecule has 0 spiro atoms. The average Bonchev–Trinajstić information content (AvgIpc) is 2.38. The van der Waals surface area contributed by atoms with Crippen molar-refractivity contribution < 1.29 is 4.79 Å². The van der Waals surface area contributed by atoms with Gasteiger partial charge in [-0.2, -0.15) is 0 Å². The first-order valence-corrected chi connectivity index (χ1v) is 6.72. The van der Waals surface area contributed by atoms with Crippen LogP contribution in [-0.4, -0.2) is 61.0 Å². The smallest absolute Gasteiger partial charge is 0.224 e. The van der Waals surface area contributed by atoms with Gasteiger partial charge in [-0.3, -0.25) is 4.79 Å². The molecule has 1 saturated heterocycles. The Kier molecular flexibility index (Phi) is 5.92. The van der Waals surface area contributed by atoms with Crippen LogP contribution in [0.3, 0.4) is 0 Å². The number of amides is 1. The van der Waals surface area contributed by atoms with E-state index in [4.69, 9.17) is 0 Å². The molecule has 0 aromatic heterocycles. The summed E-state index contributed by atoms with van der Waals surface area (Å²) in [6.07, 6.45) is 1.70. The van der Waals surface area contributed by atoms with Crippen molar-refractivity contribution in [1.29, 1.82) is 0 Å². The summed E-state index contributed by atoms with van der Waals surface area (Å²) in [7, 11) is 2.13. The number of nitrogens with one attached hydrogen (secondary N) is 1. The Balaban J connectivity index is 2.38. The Morgan fingerprint density at radius 1 is 1.41 bits per heavy atom. The number of rotatable bonds is 4. The molecule has 100 valence electrons. The summed E-state index contributed by atoms with van der Waals surface area (Å²) in [6.45, 7) is 10.1. The van der Waals surface area contributed by atoms with Crippen molar-refractivity contribution in [3.8, 4) is 0 Å². The lowest BCUT2D eigenvalue weighted by Crippen LogP contribution is -2.43. The molecule has 4 heteroatoms. The maximum absolute atomic E-state index is 12.1. The maximum Gasteiger partial charge on any atom is 0.224 e. The molecule has 17 heavy (non-hydrogen) atoms. The predicted molar refractivity (Wildman–Crippen MR) is 71.0 cm³/mol. The van der Waals surface area contributed by atoms with Crippen molar-refractivity contribution in [2.24, 2.45) is 0 Å². The molecule has 1 fully saturated rings. The zero-order valence-corrected chi connectivity index (χ0v) is 11.7. The van der Waals surface area contributed by atoms with Gasteiger partial charge in [-0.1, -0.05) is 13.8 Å². The predicted octanol–water partition coefficient (Wildman–Crippen LogP) is 0.927. The topological polar surface area (TPSA) is 35.6 Å². The molecule has 0 aromatic rings. The fraction of sp³-hybridized carbons (Fsp3) is 0.923. The number of nitrogens with zero attached hydrogens (tertiary/aromatic N) is 2. The van der Waals surface area contributed by atoms with Gasteiger partial charge < -0.3 is 15.1 Å². The molecule has 1 aliphatic rings. The minimum atomic E-state index is 0.293. The van der Waals surface area contributed by atoms with Crippen molar-refractivity contribution in [2.45, 2.75) is 45.7 Å². The molecule has 0 aliphatic carbocycles. The van der Waals surface area contributed by atoms with Crippen LogP contribution in [0.1, 0.15) is 33.6 Å². The van der Waals surface area contributed by atoms with E-state index in [2.05, 4.69) is 38.0 Å². The normalized spacial score (nSPS) is 22.9. The lowest BCUT2D eigenvalue weighted by atomic mass is 10.2. The van der Waals surface area contributed by atoms with Gasteiger partial charge in [0.05, 0.1) is 0 Å². The minimum absolute atomic E-state index is 0.293. The molecule has 1 unspecified atom stereocenters. The Bertz CT molecular complexity index is 243. The first-order valence-electron chi connectivity index (χ1n) is 6.72. The van der Waals surface area contributed by atoms with Crippen molar-refractivity contribution >= 4 is 5.91 Å². The van der Waals surface area contributed by atoms with E-state index >= 15 is 0 Å². The Hall–Kier alpha value is -0.610. The summed E-state index contributed by atoms with van der Waals surface area (Å²) >= 11 is 0. The van der Waals surface area contributed by atoms with Gasteiger partial charge in [0, 0.05) is 38.1 Å². The molecule has 0 radical (unpaired) electrons. The first-order chi connectivity index (χ1) is 8.00. The highest BCUT2D eigenvalue weighted by Crippen LogP contribution is 2.09. The van der Waals surface area contributed by atoms with Crippen LogP contribution in [0, 0.1) is 0 Å². The van der Waals surface area contributed by atoms with Crippen LogP contribution < -0.4 is 5.32 Å². The van der Waals surface area contributed by atoms with E-state index in [9.17, 15) is 4.79 Å². The summed E-state index contributed by atoms with van der Waals surface area (Å²) in [5.74, 6) is 0.293. The van der Waals surface area contributed by atoms with E-state index in [1.807, 2.05) is 4.90 Å². The maximum atomic E-state index is 12.1. The zero-order chi connectivity index (χ0) is 12.8. The zero-order valence-electron chi connectivity index (χ0n) is 11.7. The Morgan fingerprint density at radius 3 is 2.76 bits per heavy atom. The van der Waals surface area contributed by atoms with Crippen LogP contribution >= 0.6 is 0 Å². The second-order valence-electron chi connectivity index (χ2n) is 5.41. The largest absolute Gasteiger partial charge is 0.339 e. The molecule has 1 rings (SSSR count). The van der Waals surface area contributed by atoms with E-state index in [1.165, 1.54) is 0 Å². The fourth-order valence-electron chi connectivity index (χ4n) is 2.35. The monoisotopic (exact) mass is 241 g/mol. The number of likely N-dealkylation sites (N-methyl/N-ethyl adjacent to an activating group) is 1. The van der Waals surface area contributed by atoms with E-state index in [0.29, 0.717) is 24.4 Å². The first kappa shape index (κ1) is 14.5. The SMILES string of the molecule is CC(C)NCCC(=O)N1CCCN(C)CC1C. The van der Waals surface area contributed by atoms with Crippen molar-refractivity contribution in [3.05, 3.63) is 0 Å². The number of hydrogen-bond donors (Lipinski definition) is 1. The second-order valence-corrected chi connectivity index (χ2v) is 5.41. The average molecular weight is 241 g/mol. The number of carbonyl (C=O) groups is 1. The van der Waals surface area contributed by atoms with Gasteiger partial charge in [0.2, 0.25) is 5.91 Å². The highest BCUT2D eigenvalue weighted by atomic mass is 16.2. The van der Waals surface area contributed by atoms with Gasteiger partial charge in [0.15, 0.2) is 0 Å². The minimum Gasteiger partial charge on any atom is -0.339 e. The quantitative estimate of drug-likeness (QED) is 0.795. The van der Waals surface area contributed by atoms with E-state index in [-0.39, 0.29) is 0 Å². The number of hydrogen-bond acceptors (Lipinski definition) is 3. The molecule has 1 atom stereocenters. The molecule has 0 saturated carbocycles. The van der Waals surface area contributed by atoms with Crippen molar-refractivity contribution in [3.63, 3.8) is 0 Å².